The molecule has 3 unspecified atom stereocenters. The van der Waals surface area contributed by atoms with Gasteiger partial charge in [0.25, 0.3) is 0 Å². The van der Waals surface area contributed by atoms with Crippen molar-refractivity contribution in [2.24, 2.45) is 5.92 Å². The summed E-state index contributed by atoms with van der Waals surface area (Å²) in [6.45, 7) is 6.86. The van der Waals surface area contributed by atoms with Gasteiger partial charge < -0.3 is 5.32 Å². The van der Waals surface area contributed by atoms with E-state index < -0.39 is 0 Å². The fraction of sp³-hybridized carbons (Fsp3) is 1.00. The number of nitrogens with one attached hydrogen (secondary N) is 1. The van der Waals surface area contributed by atoms with Crippen LogP contribution >= 0.6 is 0 Å². The zero-order chi connectivity index (χ0) is 8.97. The Morgan fingerprint density at radius 2 is 2.08 bits per heavy atom. The Labute approximate surface area is 76.9 Å². The van der Waals surface area contributed by atoms with Gasteiger partial charge in [0.05, 0.1) is 0 Å². The summed E-state index contributed by atoms with van der Waals surface area (Å²) in [4.78, 5) is 0. The minimum atomic E-state index is 0.788. The van der Waals surface area contributed by atoms with Crippen LogP contribution in [0.3, 0.4) is 0 Å². The molecular weight excluding hydrogens is 146 g/mol. The minimum Gasteiger partial charge on any atom is -0.311 e. The fourth-order valence-electron chi connectivity index (χ4n) is 1.96. The van der Waals surface area contributed by atoms with Crippen LogP contribution in [-0.4, -0.2) is 12.1 Å². The Morgan fingerprint density at radius 1 is 1.33 bits per heavy atom. The molecule has 1 N–H and O–H groups in total. The summed E-state index contributed by atoms with van der Waals surface area (Å²) in [7, 11) is 0. The molecule has 1 heteroatoms. The van der Waals surface area contributed by atoms with Crippen LogP contribution in [0.2, 0.25) is 0 Å². The Kier molecular flexibility index (Phi) is 4.07. The van der Waals surface area contributed by atoms with Gasteiger partial charge in [-0.15, -0.1) is 0 Å². The molecule has 12 heavy (non-hydrogen) atoms. The molecule has 0 amide bonds. The van der Waals surface area contributed by atoms with Crippen molar-refractivity contribution in [1.82, 2.24) is 5.32 Å². The van der Waals surface area contributed by atoms with Crippen LogP contribution in [0.25, 0.3) is 0 Å². The first-order valence-corrected chi connectivity index (χ1v) is 5.57. The Morgan fingerprint density at radius 3 is 2.50 bits per heavy atom. The van der Waals surface area contributed by atoms with E-state index in [0.717, 1.165) is 18.0 Å². The van der Waals surface area contributed by atoms with Crippen LogP contribution in [0, 0.1) is 5.92 Å². The monoisotopic (exact) mass is 169 g/mol. The molecule has 1 rings (SSSR count). The smallest absolute Gasteiger partial charge is 0.0102 e. The zero-order valence-electron chi connectivity index (χ0n) is 8.77. The largest absolute Gasteiger partial charge is 0.311 e. The van der Waals surface area contributed by atoms with Crippen molar-refractivity contribution >= 4 is 0 Å². The van der Waals surface area contributed by atoms with Gasteiger partial charge in [-0.2, -0.15) is 0 Å². The lowest BCUT2D eigenvalue weighted by Crippen LogP contribution is -2.31. The Balaban J connectivity index is 2.11. The van der Waals surface area contributed by atoms with Crippen molar-refractivity contribution < 1.29 is 0 Å². The fourth-order valence-corrected chi connectivity index (χ4v) is 1.96. The van der Waals surface area contributed by atoms with Gasteiger partial charge in [-0.3, -0.25) is 0 Å². The van der Waals surface area contributed by atoms with E-state index in [-0.39, 0.29) is 0 Å². The SMILES string of the molecule is CCCC(CC)NC1CC1CC. The lowest BCUT2D eigenvalue weighted by molar-refractivity contribution is 0.447. The highest BCUT2D eigenvalue weighted by Crippen LogP contribution is 2.33. The Bertz CT molecular complexity index is 122. The van der Waals surface area contributed by atoms with E-state index in [1.807, 2.05) is 0 Å². The van der Waals surface area contributed by atoms with Crippen LogP contribution in [0.15, 0.2) is 0 Å². The zero-order valence-corrected chi connectivity index (χ0v) is 8.77. The van der Waals surface area contributed by atoms with Crippen molar-refractivity contribution in [2.75, 3.05) is 0 Å². The van der Waals surface area contributed by atoms with Crippen LogP contribution in [0.5, 0.6) is 0 Å². The molecule has 1 aliphatic carbocycles. The summed E-state index contributed by atoms with van der Waals surface area (Å²) >= 11 is 0. The van der Waals surface area contributed by atoms with Gasteiger partial charge in [0, 0.05) is 12.1 Å². The molecule has 1 aliphatic rings. The molecule has 0 saturated heterocycles. The molecule has 0 heterocycles. The lowest BCUT2D eigenvalue weighted by Gasteiger charge is -2.15. The second kappa shape index (κ2) is 4.86. The summed E-state index contributed by atoms with van der Waals surface area (Å²) in [5.41, 5.74) is 0. The lowest BCUT2D eigenvalue weighted by atomic mass is 10.1. The average Bonchev–Trinajstić information content (AvgIpc) is 2.82. The Hall–Kier alpha value is -0.0400. The van der Waals surface area contributed by atoms with Crippen molar-refractivity contribution in [3.8, 4) is 0 Å². The molecule has 0 spiro atoms. The summed E-state index contributed by atoms with van der Waals surface area (Å²) in [6.07, 6.45) is 6.75. The third-order valence-electron chi connectivity index (χ3n) is 3.03. The number of hydrogen-bond donors (Lipinski definition) is 1. The molecule has 0 aromatic carbocycles. The molecule has 0 aromatic rings. The van der Waals surface area contributed by atoms with Gasteiger partial charge >= 0.3 is 0 Å². The first-order valence-electron chi connectivity index (χ1n) is 5.57. The van der Waals surface area contributed by atoms with Crippen molar-refractivity contribution in [2.45, 2.75) is 65.0 Å². The van der Waals surface area contributed by atoms with E-state index in [0.29, 0.717) is 0 Å². The molecule has 0 bridgehead atoms. The van der Waals surface area contributed by atoms with Crippen molar-refractivity contribution in [1.29, 1.82) is 0 Å². The molecule has 1 nitrogen and oxygen atoms in total. The third kappa shape index (κ3) is 2.78. The van der Waals surface area contributed by atoms with E-state index in [9.17, 15) is 0 Å². The van der Waals surface area contributed by atoms with Crippen LogP contribution in [0.4, 0.5) is 0 Å². The molecular formula is C11H23N. The van der Waals surface area contributed by atoms with E-state index in [1.54, 1.807) is 0 Å². The van der Waals surface area contributed by atoms with Crippen molar-refractivity contribution in [3.05, 3.63) is 0 Å². The van der Waals surface area contributed by atoms with E-state index >= 15 is 0 Å². The molecule has 1 fully saturated rings. The summed E-state index contributed by atoms with van der Waals surface area (Å²) in [5.74, 6) is 0.996. The highest BCUT2D eigenvalue weighted by Gasteiger charge is 2.35. The standard InChI is InChI=1S/C11H23N/c1-4-7-10(6-3)12-11-8-9(11)5-2/h9-12H,4-8H2,1-3H3. The van der Waals surface area contributed by atoms with Gasteiger partial charge in [-0.25, -0.2) is 0 Å². The van der Waals surface area contributed by atoms with Gasteiger partial charge in [-0.1, -0.05) is 33.6 Å². The van der Waals surface area contributed by atoms with E-state index in [2.05, 4.69) is 26.1 Å². The van der Waals surface area contributed by atoms with Gasteiger partial charge in [0.15, 0.2) is 0 Å². The predicted octanol–water partition coefficient (Wildman–Crippen LogP) is 2.95. The first kappa shape index (κ1) is 10.0. The minimum absolute atomic E-state index is 0.788. The van der Waals surface area contributed by atoms with Crippen LogP contribution < -0.4 is 5.32 Å². The first-order chi connectivity index (χ1) is 5.81. The maximum Gasteiger partial charge on any atom is 0.0102 e. The summed E-state index contributed by atoms with van der Waals surface area (Å²) < 4.78 is 0. The highest BCUT2D eigenvalue weighted by molar-refractivity contribution is 4.93. The highest BCUT2D eigenvalue weighted by atomic mass is 15.0. The molecule has 3 atom stereocenters. The van der Waals surface area contributed by atoms with Crippen LogP contribution in [-0.2, 0) is 0 Å². The average molecular weight is 169 g/mol. The topological polar surface area (TPSA) is 12.0 Å². The quantitative estimate of drug-likeness (QED) is 0.644. The molecule has 1 saturated carbocycles. The maximum atomic E-state index is 3.74. The number of rotatable bonds is 6. The maximum absolute atomic E-state index is 3.74. The third-order valence-corrected chi connectivity index (χ3v) is 3.03. The van der Waals surface area contributed by atoms with Crippen molar-refractivity contribution in [3.63, 3.8) is 0 Å². The van der Waals surface area contributed by atoms with Gasteiger partial charge in [0.1, 0.15) is 0 Å². The molecule has 0 radical (unpaired) electrons. The van der Waals surface area contributed by atoms with Gasteiger partial charge in [-0.05, 0) is 25.2 Å². The van der Waals surface area contributed by atoms with Gasteiger partial charge in [0.2, 0.25) is 0 Å². The molecule has 0 aromatic heterocycles. The van der Waals surface area contributed by atoms with Crippen LogP contribution in [0.1, 0.15) is 52.9 Å². The molecule has 72 valence electrons. The molecule has 0 aliphatic heterocycles. The normalized spacial score (nSPS) is 30.2. The second-order valence-corrected chi connectivity index (χ2v) is 4.07. The number of hydrogen-bond acceptors (Lipinski definition) is 1. The summed E-state index contributed by atoms with van der Waals surface area (Å²) in [6, 6.07) is 1.66. The van der Waals surface area contributed by atoms with E-state index in [1.165, 1.54) is 32.1 Å². The predicted molar refractivity (Wildman–Crippen MR) is 54.3 cm³/mol. The second-order valence-electron chi connectivity index (χ2n) is 4.07. The van der Waals surface area contributed by atoms with E-state index in [4.69, 9.17) is 0 Å². The summed E-state index contributed by atoms with van der Waals surface area (Å²) in [5, 5.41) is 3.74.